The van der Waals surface area contributed by atoms with Gasteiger partial charge in [0.2, 0.25) is 0 Å². The maximum absolute atomic E-state index is 12.3. The lowest BCUT2D eigenvalue weighted by Gasteiger charge is -2.09. The van der Waals surface area contributed by atoms with Crippen LogP contribution < -0.4 is 4.74 Å². The van der Waals surface area contributed by atoms with Crippen LogP contribution in [-0.2, 0) is 14.6 Å². The van der Waals surface area contributed by atoms with Crippen molar-refractivity contribution < 1.29 is 23.1 Å². The zero-order valence-corrected chi connectivity index (χ0v) is 17.9. The first-order chi connectivity index (χ1) is 14.9. The van der Waals surface area contributed by atoms with Gasteiger partial charge in [0.25, 0.3) is 0 Å². The molecule has 0 aliphatic rings. The summed E-state index contributed by atoms with van der Waals surface area (Å²) in [6.45, 7) is 1.34. The molecule has 158 valence electrons. The Kier molecular flexibility index (Phi) is 7.11. The van der Waals surface area contributed by atoms with E-state index < -0.39 is 22.4 Å². The van der Waals surface area contributed by atoms with E-state index in [1.165, 1.54) is 0 Å². The molecule has 31 heavy (non-hydrogen) atoms. The molecule has 0 saturated heterocycles. The summed E-state index contributed by atoms with van der Waals surface area (Å²) in [6.07, 6.45) is 0.537. The largest absolute Gasteiger partial charge is 0.481 e. The number of aliphatic carboxylic acids is 1. The SMILES string of the molecule is CCCS(=O)(=O)c1cccc(C#Cc2cc(-c3ccccc3)ccc2OCC(=O)O)c1. The average molecular weight is 435 g/mol. The molecule has 0 amide bonds. The van der Waals surface area contributed by atoms with Crippen molar-refractivity contribution in [3.63, 3.8) is 0 Å². The molecule has 0 fully saturated rings. The lowest BCUT2D eigenvalue weighted by molar-refractivity contribution is -0.139. The van der Waals surface area contributed by atoms with Crippen LogP contribution in [0, 0.1) is 11.8 Å². The van der Waals surface area contributed by atoms with Crippen molar-refractivity contribution in [2.24, 2.45) is 0 Å². The zero-order chi connectivity index (χ0) is 22.3. The third-order valence-electron chi connectivity index (χ3n) is 4.45. The van der Waals surface area contributed by atoms with Crippen molar-refractivity contribution in [1.82, 2.24) is 0 Å². The summed E-state index contributed by atoms with van der Waals surface area (Å²) in [5, 5.41) is 8.94. The Morgan fingerprint density at radius 1 is 0.935 bits per heavy atom. The van der Waals surface area contributed by atoms with Gasteiger partial charge >= 0.3 is 5.97 Å². The summed E-state index contributed by atoms with van der Waals surface area (Å²) in [7, 11) is -3.34. The van der Waals surface area contributed by atoms with Gasteiger partial charge in [-0.1, -0.05) is 61.2 Å². The number of rotatable bonds is 7. The summed E-state index contributed by atoms with van der Waals surface area (Å²) < 4.78 is 30.1. The highest BCUT2D eigenvalue weighted by atomic mass is 32.2. The zero-order valence-electron chi connectivity index (χ0n) is 17.0. The Balaban J connectivity index is 2.00. The highest BCUT2D eigenvalue weighted by molar-refractivity contribution is 7.91. The molecule has 0 bridgehead atoms. The summed E-state index contributed by atoms with van der Waals surface area (Å²) in [5.41, 5.74) is 2.96. The fraction of sp³-hybridized carbons (Fsp3) is 0.160. The Morgan fingerprint density at radius 2 is 1.71 bits per heavy atom. The van der Waals surface area contributed by atoms with Crippen molar-refractivity contribution in [1.29, 1.82) is 0 Å². The summed E-state index contributed by atoms with van der Waals surface area (Å²) in [4.78, 5) is 11.2. The van der Waals surface area contributed by atoms with Gasteiger partial charge in [-0.25, -0.2) is 13.2 Å². The van der Waals surface area contributed by atoms with Gasteiger partial charge in [0.1, 0.15) is 5.75 Å². The van der Waals surface area contributed by atoms with E-state index in [2.05, 4.69) is 11.8 Å². The van der Waals surface area contributed by atoms with Crippen molar-refractivity contribution in [3.05, 3.63) is 83.9 Å². The third-order valence-corrected chi connectivity index (χ3v) is 6.36. The molecule has 3 aromatic carbocycles. The first-order valence-corrected chi connectivity index (χ1v) is 11.4. The van der Waals surface area contributed by atoms with E-state index in [-0.39, 0.29) is 10.6 Å². The number of hydrogen-bond donors (Lipinski definition) is 1. The molecule has 0 spiro atoms. The van der Waals surface area contributed by atoms with E-state index in [1.54, 1.807) is 30.3 Å². The van der Waals surface area contributed by atoms with Gasteiger partial charge in [0.05, 0.1) is 16.2 Å². The topological polar surface area (TPSA) is 80.7 Å². The normalized spacial score (nSPS) is 10.7. The van der Waals surface area contributed by atoms with Gasteiger partial charge in [-0.2, -0.15) is 0 Å². The fourth-order valence-corrected chi connectivity index (χ4v) is 4.36. The van der Waals surface area contributed by atoms with Crippen LogP contribution in [0.5, 0.6) is 5.75 Å². The van der Waals surface area contributed by atoms with Crippen LogP contribution in [-0.4, -0.2) is 31.9 Å². The predicted octanol–water partition coefficient (Wildman–Crippen LogP) is 4.40. The smallest absolute Gasteiger partial charge is 0.341 e. The van der Waals surface area contributed by atoms with Gasteiger partial charge in [-0.3, -0.25) is 0 Å². The molecule has 3 aromatic rings. The van der Waals surface area contributed by atoms with Crippen LogP contribution in [0.15, 0.2) is 77.7 Å². The number of ether oxygens (including phenoxy) is 1. The molecule has 0 aliphatic carbocycles. The van der Waals surface area contributed by atoms with Crippen LogP contribution in [0.25, 0.3) is 11.1 Å². The number of carboxylic acids is 1. The molecular weight excluding hydrogens is 412 g/mol. The van der Waals surface area contributed by atoms with E-state index in [0.717, 1.165) is 11.1 Å². The number of benzene rings is 3. The molecule has 6 heteroatoms. The Labute approximate surface area is 182 Å². The lowest BCUT2D eigenvalue weighted by Crippen LogP contribution is -2.10. The number of sulfone groups is 1. The van der Waals surface area contributed by atoms with Gasteiger partial charge in [0.15, 0.2) is 16.4 Å². The van der Waals surface area contributed by atoms with E-state index in [1.807, 2.05) is 49.4 Å². The maximum atomic E-state index is 12.3. The van der Waals surface area contributed by atoms with Gasteiger partial charge in [0, 0.05) is 5.56 Å². The minimum Gasteiger partial charge on any atom is -0.481 e. The van der Waals surface area contributed by atoms with Crippen molar-refractivity contribution >= 4 is 15.8 Å². The highest BCUT2D eigenvalue weighted by Crippen LogP contribution is 2.26. The monoisotopic (exact) mass is 434 g/mol. The third kappa shape index (κ3) is 5.97. The molecule has 0 unspecified atom stereocenters. The molecule has 0 atom stereocenters. The molecule has 0 aromatic heterocycles. The number of carbonyl (C=O) groups is 1. The first-order valence-electron chi connectivity index (χ1n) is 9.78. The summed E-state index contributed by atoms with van der Waals surface area (Å²) in [5.74, 6) is 5.34. The van der Waals surface area contributed by atoms with Gasteiger partial charge in [-0.05, 0) is 47.9 Å². The number of carboxylic acid groups (broad SMARTS) is 1. The van der Waals surface area contributed by atoms with E-state index >= 15 is 0 Å². The van der Waals surface area contributed by atoms with Gasteiger partial charge in [-0.15, -0.1) is 0 Å². The number of hydrogen-bond acceptors (Lipinski definition) is 4. The second kappa shape index (κ2) is 9.96. The second-order valence-corrected chi connectivity index (χ2v) is 8.97. The fourth-order valence-electron chi connectivity index (χ4n) is 3.00. The van der Waals surface area contributed by atoms with Crippen molar-refractivity contribution in [3.8, 4) is 28.7 Å². The Morgan fingerprint density at radius 3 is 2.42 bits per heavy atom. The van der Waals surface area contributed by atoms with E-state index in [4.69, 9.17) is 9.84 Å². The highest BCUT2D eigenvalue weighted by Gasteiger charge is 2.13. The minimum atomic E-state index is -3.34. The van der Waals surface area contributed by atoms with Gasteiger partial charge < -0.3 is 9.84 Å². The maximum Gasteiger partial charge on any atom is 0.341 e. The lowest BCUT2D eigenvalue weighted by atomic mass is 10.0. The molecule has 0 heterocycles. The average Bonchev–Trinajstić information content (AvgIpc) is 2.77. The molecule has 3 rings (SSSR count). The van der Waals surface area contributed by atoms with Crippen LogP contribution in [0.3, 0.4) is 0 Å². The van der Waals surface area contributed by atoms with E-state index in [9.17, 15) is 13.2 Å². The van der Waals surface area contributed by atoms with Crippen LogP contribution in [0.4, 0.5) is 0 Å². The molecular formula is C25H22O5S. The molecule has 0 saturated carbocycles. The summed E-state index contributed by atoms with van der Waals surface area (Å²) in [6, 6.07) is 21.6. The van der Waals surface area contributed by atoms with Crippen LogP contribution in [0.1, 0.15) is 24.5 Å². The molecule has 5 nitrogen and oxygen atoms in total. The molecule has 0 radical (unpaired) electrons. The predicted molar refractivity (Wildman–Crippen MR) is 120 cm³/mol. The standard InChI is InChI=1S/C25H22O5S/c1-2-15-31(28,29)23-10-6-7-19(16-23)11-12-22-17-21(20-8-4-3-5-9-20)13-14-24(22)30-18-25(26)27/h3-10,13-14,16-17H,2,15,18H2,1H3,(H,26,27). The van der Waals surface area contributed by atoms with E-state index in [0.29, 0.717) is 23.3 Å². The van der Waals surface area contributed by atoms with Crippen molar-refractivity contribution in [2.75, 3.05) is 12.4 Å². The summed E-state index contributed by atoms with van der Waals surface area (Å²) >= 11 is 0. The minimum absolute atomic E-state index is 0.0795. The Hall–Kier alpha value is -3.56. The van der Waals surface area contributed by atoms with Crippen LogP contribution in [0.2, 0.25) is 0 Å². The van der Waals surface area contributed by atoms with Crippen LogP contribution >= 0.6 is 0 Å². The molecule has 1 N–H and O–H groups in total. The molecule has 0 aliphatic heterocycles. The quantitative estimate of drug-likeness (QED) is 0.558. The first kappa shape index (κ1) is 22.1. The Bertz CT molecular complexity index is 1240. The van der Waals surface area contributed by atoms with Crippen molar-refractivity contribution in [2.45, 2.75) is 18.2 Å². The second-order valence-electron chi connectivity index (χ2n) is 6.86.